The second-order valence-corrected chi connectivity index (χ2v) is 7.82. The molecule has 2 N–H and O–H groups in total. The Hall–Kier alpha value is -1.56. The number of sulfone groups is 1. The fraction of sp³-hybridized carbons (Fsp3) is 0.533. The van der Waals surface area contributed by atoms with Gasteiger partial charge in [-0.05, 0) is 37.5 Å². The van der Waals surface area contributed by atoms with E-state index in [4.69, 9.17) is 0 Å². The van der Waals surface area contributed by atoms with Gasteiger partial charge in [-0.3, -0.25) is 4.79 Å². The van der Waals surface area contributed by atoms with Gasteiger partial charge in [-0.15, -0.1) is 0 Å². The molecule has 1 amide bonds. The van der Waals surface area contributed by atoms with Crippen molar-refractivity contribution >= 4 is 21.4 Å². The maximum atomic E-state index is 11.8. The van der Waals surface area contributed by atoms with Crippen LogP contribution in [-0.2, 0) is 14.6 Å². The summed E-state index contributed by atoms with van der Waals surface area (Å²) in [5, 5.41) is 6.04. The first-order chi connectivity index (χ1) is 9.87. The highest BCUT2D eigenvalue weighted by Crippen LogP contribution is 2.17. The van der Waals surface area contributed by atoms with Crippen LogP contribution < -0.4 is 10.6 Å². The zero-order chi connectivity index (χ0) is 15.5. The fourth-order valence-corrected chi connectivity index (χ4v) is 4.14. The van der Waals surface area contributed by atoms with Gasteiger partial charge in [0, 0.05) is 24.7 Å². The molecule has 1 aromatic rings. The van der Waals surface area contributed by atoms with E-state index in [1.165, 1.54) is 11.1 Å². The van der Waals surface area contributed by atoms with E-state index in [0.29, 0.717) is 19.4 Å². The normalized spacial score (nSPS) is 20.2. The lowest BCUT2D eigenvalue weighted by atomic mass is 10.1. The monoisotopic (exact) mass is 310 g/mol. The van der Waals surface area contributed by atoms with E-state index in [2.05, 4.69) is 10.6 Å². The van der Waals surface area contributed by atoms with Crippen LogP contribution in [0.2, 0.25) is 0 Å². The first-order valence-electron chi connectivity index (χ1n) is 7.17. The lowest BCUT2D eigenvalue weighted by Gasteiger charge is -2.13. The maximum Gasteiger partial charge on any atom is 0.222 e. The number of nitrogens with one attached hydrogen (secondary N) is 2. The Morgan fingerprint density at radius 1 is 1.33 bits per heavy atom. The predicted octanol–water partition coefficient (Wildman–Crippen LogP) is 1.41. The number of benzene rings is 1. The molecule has 6 heteroatoms. The molecule has 0 bridgehead atoms. The zero-order valence-corrected chi connectivity index (χ0v) is 13.3. The molecule has 1 heterocycles. The predicted molar refractivity (Wildman–Crippen MR) is 84.2 cm³/mol. The Balaban J connectivity index is 1.76. The van der Waals surface area contributed by atoms with E-state index in [1.807, 2.05) is 32.0 Å². The Bertz CT molecular complexity index is 626. The van der Waals surface area contributed by atoms with Crippen molar-refractivity contribution in [1.29, 1.82) is 0 Å². The van der Waals surface area contributed by atoms with Gasteiger partial charge in [-0.1, -0.05) is 12.1 Å². The van der Waals surface area contributed by atoms with E-state index in [0.717, 1.165) is 5.69 Å². The largest absolute Gasteiger partial charge is 0.384 e. The number of amides is 1. The van der Waals surface area contributed by atoms with Crippen LogP contribution in [0.25, 0.3) is 0 Å². The minimum Gasteiger partial charge on any atom is -0.384 e. The molecule has 0 aromatic heterocycles. The lowest BCUT2D eigenvalue weighted by Crippen LogP contribution is -2.36. The minimum atomic E-state index is -2.95. The number of rotatable bonds is 5. The van der Waals surface area contributed by atoms with Gasteiger partial charge in [-0.2, -0.15) is 0 Å². The van der Waals surface area contributed by atoms with E-state index in [9.17, 15) is 13.2 Å². The first kappa shape index (κ1) is 15.8. The van der Waals surface area contributed by atoms with Crippen molar-refractivity contribution in [2.45, 2.75) is 32.7 Å². The number of hydrogen-bond donors (Lipinski definition) is 2. The van der Waals surface area contributed by atoms with Crippen LogP contribution in [0.15, 0.2) is 18.2 Å². The average Bonchev–Trinajstić information content (AvgIpc) is 2.74. The number of hydrogen-bond acceptors (Lipinski definition) is 4. The molecular formula is C15H22N2O3S. The van der Waals surface area contributed by atoms with E-state index >= 15 is 0 Å². The van der Waals surface area contributed by atoms with Crippen molar-refractivity contribution in [3.8, 4) is 0 Å². The summed E-state index contributed by atoms with van der Waals surface area (Å²) in [5.74, 6) is 0.150. The van der Waals surface area contributed by atoms with Crippen LogP contribution in [0.4, 0.5) is 5.69 Å². The summed E-state index contributed by atoms with van der Waals surface area (Å²) >= 11 is 0. The Morgan fingerprint density at radius 3 is 2.76 bits per heavy atom. The molecule has 1 aromatic carbocycles. The first-order valence-corrected chi connectivity index (χ1v) is 8.99. The molecule has 5 nitrogen and oxygen atoms in total. The van der Waals surface area contributed by atoms with Gasteiger partial charge in [0.1, 0.15) is 0 Å². The van der Waals surface area contributed by atoms with Crippen LogP contribution >= 0.6 is 0 Å². The molecule has 116 valence electrons. The van der Waals surface area contributed by atoms with Crippen molar-refractivity contribution in [2.24, 2.45) is 0 Å². The van der Waals surface area contributed by atoms with Crippen molar-refractivity contribution in [3.63, 3.8) is 0 Å². The molecule has 1 aliphatic heterocycles. The second kappa shape index (κ2) is 6.47. The van der Waals surface area contributed by atoms with Gasteiger partial charge in [0.15, 0.2) is 9.84 Å². The molecular weight excluding hydrogens is 288 g/mol. The SMILES string of the molecule is Cc1cccc(NCCC(=O)NC2CCS(=O)(=O)C2)c1C. The van der Waals surface area contributed by atoms with Crippen LogP contribution in [-0.4, -0.2) is 38.4 Å². The number of aryl methyl sites for hydroxylation is 1. The third-order valence-corrected chi connectivity index (χ3v) is 5.64. The average molecular weight is 310 g/mol. The third kappa shape index (κ3) is 4.46. The van der Waals surface area contributed by atoms with Gasteiger partial charge < -0.3 is 10.6 Å². The highest BCUT2D eigenvalue weighted by Gasteiger charge is 2.28. The van der Waals surface area contributed by atoms with Crippen molar-refractivity contribution in [2.75, 3.05) is 23.4 Å². The molecule has 0 aliphatic carbocycles. The standard InChI is InChI=1S/C15H22N2O3S/c1-11-4-3-5-14(12(11)2)16-8-6-15(18)17-13-7-9-21(19,20)10-13/h3-5,13,16H,6-10H2,1-2H3,(H,17,18). The Labute approximate surface area is 126 Å². The van der Waals surface area contributed by atoms with Crippen LogP contribution in [0.3, 0.4) is 0 Å². The molecule has 0 spiro atoms. The number of carbonyl (C=O) groups excluding carboxylic acids is 1. The Kier molecular flexibility index (Phi) is 4.88. The zero-order valence-electron chi connectivity index (χ0n) is 12.5. The number of anilines is 1. The third-order valence-electron chi connectivity index (χ3n) is 3.87. The van der Waals surface area contributed by atoms with Crippen molar-refractivity contribution in [3.05, 3.63) is 29.3 Å². The van der Waals surface area contributed by atoms with E-state index < -0.39 is 9.84 Å². The molecule has 0 radical (unpaired) electrons. The molecule has 1 saturated heterocycles. The Morgan fingerprint density at radius 2 is 2.10 bits per heavy atom. The van der Waals surface area contributed by atoms with Crippen LogP contribution in [0, 0.1) is 13.8 Å². The van der Waals surface area contributed by atoms with Gasteiger partial charge in [-0.25, -0.2) is 8.42 Å². The summed E-state index contributed by atoms with van der Waals surface area (Å²) in [4.78, 5) is 11.8. The van der Waals surface area contributed by atoms with Gasteiger partial charge in [0.05, 0.1) is 11.5 Å². The van der Waals surface area contributed by atoms with Gasteiger partial charge >= 0.3 is 0 Å². The highest BCUT2D eigenvalue weighted by atomic mass is 32.2. The van der Waals surface area contributed by atoms with E-state index in [-0.39, 0.29) is 23.5 Å². The molecule has 1 unspecified atom stereocenters. The molecule has 1 aliphatic rings. The molecule has 0 saturated carbocycles. The highest BCUT2D eigenvalue weighted by molar-refractivity contribution is 7.91. The summed E-state index contributed by atoms with van der Waals surface area (Å²) in [6.07, 6.45) is 0.864. The summed E-state index contributed by atoms with van der Waals surface area (Å²) in [5.41, 5.74) is 3.42. The van der Waals surface area contributed by atoms with Gasteiger partial charge in [0.2, 0.25) is 5.91 Å². The maximum absolute atomic E-state index is 11.8. The summed E-state index contributed by atoms with van der Waals surface area (Å²) in [7, 11) is -2.95. The second-order valence-electron chi connectivity index (χ2n) is 5.59. The van der Waals surface area contributed by atoms with Crippen LogP contribution in [0.1, 0.15) is 24.0 Å². The van der Waals surface area contributed by atoms with Gasteiger partial charge in [0.25, 0.3) is 0 Å². The van der Waals surface area contributed by atoms with Crippen molar-refractivity contribution in [1.82, 2.24) is 5.32 Å². The van der Waals surface area contributed by atoms with Crippen molar-refractivity contribution < 1.29 is 13.2 Å². The lowest BCUT2D eigenvalue weighted by molar-refractivity contribution is -0.121. The molecule has 2 rings (SSSR count). The molecule has 1 atom stereocenters. The minimum absolute atomic E-state index is 0.0726. The van der Waals surface area contributed by atoms with Crippen LogP contribution in [0.5, 0.6) is 0 Å². The summed E-state index contributed by atoms with van der Waals surface area (Å²) in [6.45, 7) is 4.63. The van der Waals surface area contributed by atoms with E-state index in [1.54, 1.807) is 0 Å². The summed E-state index contributed by atoms with van der Waals surface area (Å²) in [6, 6.07) is 5.80. The quantitative estimate of drug-likeness (QED) is 0.862. The fourth-order valence-electron chi connectivity index (χ4n) is 2.46. The number of carbonyl (C=O) groups is 1. The topological polar surface area (TPSA) is 75.3 Å². The smallest absolute Gasteiger partial charge is 0.222 e. The molecule has 1 fully saturated rings. The summed E-state index contributed by atoms with van der Waals surface area (Å²) < 4.78 is 22.7. The molecule has 21 heavy (non-hydrogen) atoms.